The quantitative estimate of drug-likeness (QED) is 0.302. The second-order valence-corrected chi connectivity index (χ2v) is 7.88. The van der Waals surface area contributed by atoms with Gasteiger partial charge >= 0.3 is 7.32 Å². The highest BCUT2D eigenvalue weighted by molar-refractivity contribution is 6.35. The summed E-state index contributed by atoms with van der Waals surface area (Å²) in [6.07, 6.45) is 3.25. The van der Waals surface area contributed by atoms with Crippen LogP contribution in [0, 0.1) is 6.92 Å². The largest absolute Gasteiger partial charge is 0.634 e. The predicted molar refractivity (Wildman–Crippen MR) is 125 cm³/mol. The number of unbranched alkanes of at least 4 members (excludes halogenated alkanes) is 2. The van der Waals surface area contributed by atoms with Gasteiger partial charge in [0.2, 0.25) is 0 Å². The van der Waals surface area contributed by atoms with Crippen LogP contribution in [0.1, 0.15) is 49.8 Å². The Kier molecular flexibility index (Phi) is 8.12. The molecule has 3 rings (SSSR count). The zero-order valence-corrected chi connectivity index (χ0v) is 18.3. The van der Waals surface area contributed by atoms with Crippen molar-refractivity contribution in [3.05, 3.63) is 82.9 Å². The van der Waals surface area contributed by atoms with Crippen molar-refractivity contribution in [2.45, 2.75) is 45.6 Å². The summed E-state index contributed by atoms with van der Waals surface area (Å²) in [5.41, 5.74) is 5.82. The SMILES string of the molecule is CCCCCC(OB(O)O)c1cc(-c2ccccc2)c(C)c(Cl)c1-c1ccccc1. The lowest BCUT2D eigenvalue weighted by Crippen LogP contribution is -2.21. The van der Waals surface area contributed by atoms with Crippen LogP contribution in [0.3, 0.4) is 0 Å². The highest BCUT2D eigenvalue weighted by Crippen LogP contribution is 2.43. The second-order valence-electron chi connectivity index (χ2n) is 7.51. The van der Waals surface area contributed by atoms with Crippen LogP contribution >= 0.6 is 11.6 Å². The molecule has 0 aromatic heterocycles. The Balaban J connectivity index is 2.21. The van der Waals surface area contributed by atoms with Crippen molar-refractivity contribution in [1.82, 2.24) is 0 Å². The number of hydrogen-bond donors (Lipinski definition) is 2. The Labute approximate surface area is 184 Å². The van der Waals surface area contributed by atoms with Crippen LogP contribution in [0.5, 0.6) is 0 Å². The molecule has 2 N–H and O–H groups in total. The molecule has 3 nitrogen and oxygen atoms in total. The second kappa shape index (κ2) is 10.8. The highest BCUT2D eigenvalue weighted by atomic mass is 35.5. The molecule has 1 unspecified atom stereocenters. The van der Waals surface area contributed by atoms with Crippen molar-refractivity contribution < 1.29 is 14.7 Å². The van der Waals surface area contributed by atoms with E-state index in [9.17, 15) is 10.0 Å². The predicted octanol–water partition coefficient (Wildman–Crippen LogP) is 6.59. The van der Waals surface area contributed by atoms with Gasteiger partial charge in [-0.25, -0.2) is 0 Å². The van der Waals surface area contributed by atoms with Crippen LogP contribution in [0.4, 0.5) is 0 Å². The molecule has 5 heteroatoms. The minimum Gasteiger partial charge on any atom is -0.402 e. The van der Waals surface area contributed by atoms with Gasteiger partial charge in [-0.1, -0.05) is 98.5 Å². The Morgan fingerprint density at radius 2 is 1.53 bits per heavy atom. The lowest BCUT2D eigenvalue weighted by molar-refractivity contribution is 0.110. The normalized spacial score (nSPS) is 12.0. The smallest absolute Gasteiger partial charge is 0.402 e. The van der Waals surface area contributed by atoms with Gasteiger partial charge in [-0.05, 0) is 47.2 Å². The minimum absolute atomic E-state index is 0.479. The molecule has 3 aromatic rings. The molecular formula is C25H28BClO3. The lowest BCUT2D eigenvalue weighted by Gasteiger charge is -2.25. The molecule has 0 aliphatic carbocycles. The third-order valence-electron chi connectivity index (χ3n) is 5.39. The first kappa shape index (κ1) is 22.6. The van der Waals surface area contributed by atoms with E-state index >= 15 is 0 Å². The van der Waals surface area contributed by atoms with Crippen LogP contribution in [0.2, 0.25) is 5.02 Å². The van der Waals surface area contributed by atoms with Crippen LogP contribution in [0.15, 0.2) is 66.7 Å². The van der Waals surface area contributed by atoms with Crippen molar-refractivity contribution in [3.8, 4) is 22.3 Å². The third kappa shape index (κ3) is 5.33. The first-order valence-corrected chi connectivity index (χ1v) is 10.9. The number of benzene rings is 3. The van der Waals surface area contributed by atoms with Crippen molar-refractivity contribution in [1.29, 1.82) is 0 Å². The van der Waals surface area contributed by atoms with E-state index in [0.717, 1.165) is 52.6 Å². The average Bonchev–Trinajstić information content (AvgIpc) is 2.76. The Morgan fingerprint density at radius 1 is 0.933 bits per heavy atom. The molecule has 0 aliphatic rings. The molecule has 0 bridgehead atoms. The summed E-state index contributed by atoms with van der Waals surface area (Å²) < 4.78 is 5.58. The van der Waals surface area contributed by atoms with Gasteiger partial charge in [0.15, 0.2) is 0 Å². The standard InChI is InChI=1S/C25H28BClO3/c1-3-4-7-16-23(30-26(28)29)22-17-21(19-12-8-5-9-13-19)18(2)25(27)24(22)20-14-10-6-11-15-20/h5-6,8-15,17,23,28-29H,3-4,7,16H2,1-2H3. The molecule has 3 aromatic carbocycles. The number of hydrogen-bond acceptors (Lipinski definition) is 3. The Hall–Kier alpha value is -2.11. The maximum atomic E-state index is 9.61. The van der Waals surface area contributed by atoms with Gasteiger partial charge < -0.3 is 14.7 Å². The molecular weight excluding hydrogens is 395 g/mol. The number of halogens is 1. The van der Waals surface area contributed by atoms with Crippen LogP contribution in [-0.4, -0.2) is 17.4 Å². The molecule has 0 heterocycles. The van der Waals surface area contributed by atoms with E-state index in [1.54, 1.807) is 0 Å². The fourth-order valence-corrected chi connectivity index (χ4v) is 4.18. The zero-order chi connectivity index (χ0) is 21.5. The van der Waals surface area contributed by atoms with E-state index < -0.39 is 13.4 Å². The summed E-state index contributed by atoms with van der Waals surface area (Å²) in [6.45, 7) is 4.16. The average molecular weight is 423 g/mol. The van der Waals surface area contributed by atoms with Gasteiger partial charge in [0, 0.05) is 5.56 Å². The fourth-order valence-electron chi connectivity index (χ4n) is 3.86. The molecule has 0 spiro atoms. The first-order valence-electron chi connectivity index (χ1n) is 10.5. The molecule has 0 radical (unpaired) electrons. The molecule has 1 atom stereocenters. The van der Waals surface area contributed by atoms with Crippen molar-refractivity contribution in [2.75, 3.05) is 0 Å². The summed E-state index contributed by atoms with van der Waals surface area (Å²) in [5, 5.41) is 19.9. The molecule has 156 valence electrons. The molecule has 0 fully saturated rings. The van der Waals surface area contributed by atoms with Gasteiger partial charge in [0.05, 0.1) is 11.1 Å². The first-order chi connectivity index (χ1) is 14.5. The Morgan fingerprint density at radius 3 is 2.10 bits per heavy atom. The van der Waals surface area contributed by atoms with Crippen LogP contribution in [0.25, 0.3) is 22.3 Å². The van der Waals surface area contributed by atoms with Gasteiger partial charge in [0.25, 0.3) is 0 Å². The maximum absolute atomic E-state index is 9.61. The molecule has 0 saturated carbocycles. The maximum Gasteiger partial charge on any atom is 0.634 e. The van der Waals surface area contributed by atoms with E-state index in [-0.39, 0.29) is 0 Å². The molecule has 30 heavy (non-hydrogen) atoms. The molecule has 0 aliphatic heterocycles. The molecule has 0 amide bonds. The fraction of sp³-hybridized carbons (Fsp3) is 0.280. The Bertz CT molecular complexity index is 946. The topological polar surface area (TPSA) is 49.7 Å². The van der Waals surface area contributed by atoms with Gasteiger partial charge in [-0.15, -0.1) is 0 Å². The monoisotopic (exact) mass is 422 g/mol. The summed E-state index contributed by atoms with van der Waals surface area (Å²) >= 11 is 6.95. The van der Waals surface area contributed by atoms with Crippen molar-refractivity contribution in [3.63, 3.8) is 0 Å². The van der Waals surface area contributed by atoms with Crippen LogP contribution in [-0.2, 0) is 4.65 Å². The zero-order valence-electron chi connectivity index (χ0n) is 17.5. The number of rotatable bonds is 9. The summed E-state index contributed by atoms with van der Waals surface area (Å²) in [6, 6.07) is 22.1. The van der Waals surface area contributed by atoms with E-state index in [2.05, 4.69) is 25.1 Å². The van der Waals surface area contributed by atoms with Crippen molar-refractivity contribution in [2.24, 2.45) is 0 Å². The lowest BCUT2D eigenvalue weighted by atomic mass is 9.87. The molecule has 0 saturated heterocycles. The van der Waals surface area contributed by atoms with E-state index in [1.165, 1.54) is 0 Å². The van der Waals surface area contributed by atoms with E-state index in [4.69, 9.17) is 16.3 Å². The van der Waals surface area contributed by atoms with Crippen molar-refractivity contribution >= 4 is 18.9 Å². The summed E-state index contributed by atoms with van der Waals surface area (Å²) in [4.78, 5) is 0. The van der Waals surface area contributed by atoms with Gasteiger partial charge in [-0.2, -0.15) is 0 Å². The minimum atomic E-state index is -1.85. The summed E-state index contributed by atoms with van der Waals surface area (Å²) in [7, 11) is -1.85. The van der Waals surface area contributed by atoms with Gasteiger partial charge in [-0.3, -0.25) is 0 Å². The third-order valence-corrected chi connectivity index (χ3v) is 5.86. The van der Waals surface area contributed by atoms with Gasteiger partial charge in [0.1, 0.15) is 0 Å². The van der Waals surface area contributed by atoms with E-state index in [0.29, 0.717) is 11.4 Å². The van der Waals surface area contributed by atoms with Crippen LogP contribution < -0.4 is 0 Å². The highest BCUT2D eigenvalue weighted by Gasteiger charge is 2.26. The van der Waals surface area contributed by atoms with E-state index in [1.807, 2.05) is 55.5 Å². The summed E-state index contributed by atoms with van der Waals surface area (Å²) in [5.74, 6) is 0.